The average Bonchev–Trinajstić information content (AvgIpc) is 2.61. The predicted molar refractivity (Wildman–Crippen MR) is 87.6 cm³/mol. The number of anilines is 1. The van der Waals surface area contributed by atoms with Crippen LogP contribution in [0.4, 0.5) is 5.95 Å². The molecule has 7 nitrogen and oxygen atoms in total. The monoisotopic (exact) mass is 319 g/mol. The SMILES string of the molecule is COc1ccnc(N2CCC(C(=O)N3CCN[C@@H](C)C3)CC2)n1. The Morgan fingerprint density at radius 2 is 2.13 bits per heavy atom. The second-order valence-electron chi connectivity index (χ2n) is 6.30. The lowest BCUT2D eigenvalue weighted by molar-refractivity contribution is -0.137. The van der Waals surface area contributed by atoms with E-state index >= 15 is 0 Å². The van der Waals surface area contributed by atoms with Gasteiger partial charge in [0.2, 0.25) is 17.7 Å². The highest BCUT2D eigenvalue weighted by Crippen LogP contribution is 2.23. The van der Waals surface area contributed by atoms with Crippen molar-refractivity contribution in [3.8, 4) is 5.88 Å². The minimum absolute atomic E-state index is 0.127. The maximum Gasteiger partial charge on any atom is 0.228 e. The van der Waals surface area contributed by atoms with Crippen molar-refractivity contribution in [1.29, 1.82) is 0 Å². The van der Waals surface area contributed by atoms with Crippen molar-refractivity contribution in [2.75, 3.05) is 44.7 Å². The van der Waals surface area contributed by atoms with Crippen molar-refractivity contribution in [3.05, 3.63) is 12.3 Å². The van der Waals surface area contributed by atoms with Gasteiger partial charge in [-0.1, -0.05) is 0 Å². The second kappa shape index (κ2) is 7.12. The number of nitrogens with one attached hydrogen (secondary N) is 1. The minimum Gasteiger partial charge on any atom is -0.481 e. The van der Waals surface area contributed by atoms with E-state index in [1.165, 1.54) is 0 Å². The molecule has 7 heteroatoms. The van der Waals surface area contributed by atoms with Crippen LogP contribution in [0.1, 0.15) is 19.8 Å². The third kappa shape index (κ3) is 3.72. The largest absolute Gasteiger partial charge is 0.481 e. The van der Waals surface area contributed by atoms with Gasteiger partial charge in [-0.25, -0.2) is 4.98 Å². The summed E-state index contributed by atoms with van der Waals surface area (Å²) >= 11 is 0. The summed E-state index contributed by atoms with van der Waals surface area (Å²) in [5.74, 6) is 1.70. The Balaban J connectivity index is 1.56. The fourth-order valence-electron chi connectivity index (χ4n) is 3.32. The van der Waals surface area contributed by atoms with Crippen molar-refractivity contribution in [2.24, 2.45) is 5.92 Å². The fourth-order valence-corrected chi connectivity index (χ4v) is 3.32. The standard InChI is InChI=1S/C16H25N5O2/c1-12-11-21(10-7-17-12)15(22)13-4-8-20(9-5-13)16-18-6-3-14(19-16)23-2/h3,6,12-13,17H,4-5,7-11H2,1-2H3/t12-/m0/s1. The van der Waals surface area contributed by atoms with Gasteiger partial charge < -0.3 is 19.9 Å². The number of ether oxygens (including phenoxy) is 1. The molecule has 0 unspecified atom stereocenters. The topological polar surface area (TPSA) is 70.6 Å². The summed E-state index contributed by atoms with van der Waals surface area (Å²) in [4.78, 5) is 25.5. The Morgan fingerprint density at radius 3 is 2.83 bits per heavy atom. The Morgan fingerprint density at radius 1 is 1.35 bits per heavy atom. The molecule has 0 bridgehead atoms. The van der Waals surface area contributed by atoms with Crippen molar-refractivity contribution in [2.45, 2.75) is 25.8 Å². The van der Waals surface area contributed by atoms with Crippen LogP contribution in [0, 0.1) is 5.92 Å². The van der Waals surface area contributed by atoms with Crippen LogP contribution in [0.5, 0.6) is 5.88 Å². The molecule has 1 aromatic rings. The van der Waals surface area contributed by atoms with Crippen molar-refractivity contribution >= 4 is 11.9 Å². The number of aromatic nitrogens is 2. The van der Waals surface area contributed by atoms with E-state index in [-0.39, 0.29) is 5.92 Å². The average molecular weight is 319 g/mol. The number of piperidine rings is 1. The number of piperazine rings is 1. The van der Waals surface area contributed by atoms with E-state index in [2.05, 4.69) is 27.1 Å². The van der Waals surface area contributed by atoms with Crippen LogP contribution in [0.2, 0.25) is 0 Å². The van der Waals surface area contributed by atoms with Gasteiger partial charge in [0.1, 0.15) is 0 Å². The summed E-state index contributed by atoms with van der Waals surface area (Å²) in [6.07, 6.45) is 3.43. The van der Waals surface area contributed by atoms with E-state index < -0.39 is 0 Å². The first-order valence-electron chi connectivity index (χ1n) is 8.31. The number of hydrogen-bond donors (Lipinski definition) is 1. The van der Waals surface area contributed by atoms with Gasteiger partial charge in [-0.2, -0.15) is 4.98 Å². The molecule has 0 radical (unpaired) electrons. The third-order valence-electron chi connectivity index (χ3n) is 4.63. The normalized spacial score (nSPS) is 23.0. The predicted octanol–water partition coefficient (Wildman–Crippen LogP) is 0.522. The molecule has 23 heavy (non-hydrogen) atoms. The van der Waals surface area contributed by atoms with Crippen LogP contribution in [0.3, 0.4) is 0 Å². The lowest BCUT2D eigenvalue weighted by atomic mass is 9.95. The zero-order valence-electron chi connectivity index (χ0n) is 13.9. The highest BCUT2D eigenvalue weighted by molar-refractivity contribution is 5.79. The number of methoxy groups -OCH3 is 1. The maximum atomic E-state index is 12.7. The van der Waals surface area contributed by atoms with Gasteiger partial charge in [0.05, 0.1) is 7.11 Å². The Hall–Kier alpha value is -1.89. The van der Waals surface area contributed by atoms with Crippen LogP contribution >= 0.6 is 0 Å². The van der Waals surface area contributed by atoms with Gasteiger partial charge in [-0.05, 0) is 19.8 Å². The summed E-state index contributed by atoms with van der Waals surface area (Å²) in [5, 5.41) is 3.38. The van der Waals surface area contributed by atoms with Crippen LogP contribution in [0.25, 0.3) is 0 Å². The Kier molecular flexibility index (Phi) is 4.95. The number of rotatable bonds is 3. The first-order valence-corrected chi connectivity index (χ1v) is 8.31. The van der Waals surface area contributed by atoms with E-state index in [1.807, 2.05) is 4.90 Å². The van der Waals surface area contributed by atoms with E-state index in [0.717, 1.165) is 45.6 Å². The molecule has 1 amide bonds. The minimum atomic E-state index is 0.127. The number of nitrogens with zero attached hydrogens (tertiary/aromatic N) is 4. The molecule has 2 saturated heterocycles. The van der Waals surface area contributed by atoms with Gasteiger partial charge in [0.15, 0.2) is 0 Å². The molecular weight excluding hydrogens is 294 g/mol. The Labute approximate surface area is 137 Å². The first-order chi connectivity index (χ1) is 11.2. The number of carbonyl (C=O) groups excluding carboxylic acids is 1. The summed E-state index contributed by atoms with van der Waals surface area (Å²) in [6.45, 7) is 6.28. The number of amides is 1. The molecule has 0 aliphatic carbocycles. The number of carbonyl (C=O) groups is 1. The molecule has 1 N–H and O–H groups in total. The van der Waals surface area contributed by atoms with E-state index in [9.17, 15) is 4.79 Å². The van der Waals surface area contributed by atoms with Gasteiger partial charge >= 0.3 is 0 Å². The van der Waals surface area contributed by atoms with Crippen LogP contribution < -0.4 is 15.0 Å². The molecule has 2 fully saturated rings. The first kappa shape index (κ1) is 16.0. The molecule has 0 saturated carbocycles. The molecule has 0 spiro atoms. The lowest BCUT2D eigenvalue weighted by Crippen LogP contribution is -2.53. The molecule has 2 aliphatic heterocycles. The molecule has 1 atom stereocenters. The second-order valence-corrected chi connectivity index (χ2v) is 6.30. The summed E-state index contributed by atoms with van der Waals surface area (Å²) in [6, 6.07) is 2.13. The lowest BCUT2D eigenvalue weighted by Gasteiger charge is -2.37. The summed E-state index contributed by atoms with van der Waals surface area (Å²) < 4.78 is 5.15. The highest BCUT2D eigenvalue weighted by atomic mass is 16.5. The summed E-state index contributed by atoms with van der Waals surface area (Å²) in [7, 11) is 1.60. The van der Waals surface area contributed by atoms with E-state index in [1.54, 1.807) is 19.4 Å². The van der Waals surface area contributed by atoms with E-state index in [4.69, 9.17) is 4.74 Å². The number of hydrogen-bond acceptors (Lipinski definition) is 6. The van der Waals surface area contributed by atoms with Gasteiger partial charge in [0.25, 0.3) is 0 Å². The fraction of sp³-hybridized carbons (Fsp3) is 0.688. The summed E-state index contributed by atoms with van der Waals surface area (Å²) in [5.41, 5.74) is 0. The van der Waals surface area contributed by atoms with Gasteiger partial charge in [0, 0.05) is 56.9 Å². The molecule has 3 heterocycles. The molecule has 0 aromatic carbocycles. The third-order valence-corrected chi connectivity index (χ3v) is 4.63. The van der Waals surface area contributed by atoms with Crippen molar-refractivity contribution in [1.82, 2.24) is 20.2 Å². The van der Waals surface area contributed by atoms with Gasteiger partial charge in [-0.15, -0.1) is 0 Å². The van der Waals surface area contributed by atoms with Crippen LogP contribution in [0.15, 0.2) is 12.3 Å². The molecule has 1 aromatic heterocycles. The zero-order valence-corrected chi connectivity index (χ0v) is 13.9. The highest BCUT2D eigenvalue weighted by Gasteiger charge is 2.31. The Bertz CT molecular complexity index is 545. The molecule has 3 rings (SSSR count). The van der Waals surface area contributed by atoms with Crippen LogP contribution in [-0.4, -0.2) is 66.7 Å². The zero-order chi connectivity index (χ0) is 16.2. The van der Waals surface area contributed by atoms with Crippen molar-refractivity contribution in [3.63, 3.8) is 0 Å². The quantitative estimate of drug-likeness (QED) is 0.876. The molecular formula is C16H25N5O2. The maximum absolute atomic E-state index is 12.7. The molecule has 126 valence electrons. The van der Waals surface area contributed by atoms with Gasteiger partial charge in [-0.3, -0.25) is 4.79 Å². The molecule has 2 aliphatic rings. The smallest absolute Gasteiger partial charge is 0.228 e. The van der Waals surface area contributed by atoms with E-state index in [0.29, 0.717) is 23.8 Å². The van der Waals surface area contributed by atoms with Crippen LogP contribution in [-0.2, 0) is 4.79 Å². The van der Waals surface area contributed by atoms with Crippen molar-refractivity contribution < 1.29 is 9.53 Å².